The lowest BCUT2D eigenvalue weighted by Gasteiger charge is -2.40. The number of aromatic hydroxyl groups is 1. The van der Waals surface area contributed by atoms with Crippen molar-refractivity contribution < 1.29 is 24.5 Å². The van der Waals surface area contributed by atoms with Gasteiger partial charge in [0.05, 0.1) is 24.0 Å². The molecule has 3 atom stereocenters. The van der Waals surface area contributed by atoms with Crippen LogP contribution >= 0.6 is 0 Å². The van der Waals surface area contributed by atoms with E-state index in [0.29, 0.717) is 23.4 Å². The molecule has 28 heavy (non-hydrogen) atoms. The van der Waals surface area contributed by atoms with Crippen molar-refractivity contribution in [2.75, 3.05) is 19.0 Å². The summed E-state index contributed by atoms with van der Waals surface area (Å²) in [5, 5.41) is 25.6. The zero-order valence-corrected chi connectivity index (χ0v) is 15.8. The Hall–Kier alpha value is -2.67. The van der Waals surface area contributed by atoms with Crippen molar-refractivity contribution in [1.29, 1.82) is 0 Å². The lowest BCUT2D eigenvalue weighted by molar-refractivity contribution is -0.142. The number of anilines is 1. The molecule has 0 bridgehead atoms. The lowest BCUT2D eigenvalue weighted by Crippen LogP contribution is -2.52. The molecule has 1 saturated heterocycles. The van der Waals surface area contributed by atoms with E-state index < -0.39 is 17.6 Å². The lowest BCUT2D eigenvalue weighted by atomic mass is 9.76. The highest BCUT2D eigenvalue weighted by Crippen LogP contribution is 2.48. The summed E-state index contributed by atoms with van der Waals surface area (Å²) in [6.07, 6.45) is 1.45. The molecule has 0 spiro atoms. The Morgan fingerprint density at radius 3 is 2.64 bits per heavy atom. The van der Waals surface area contributed by atoms with Crippen LogP contribution < -0.4 is 5.32 Å². The fourth-order valence-electron chi connectivity index (χ4n) is 4.05. The van der Waals surface area contributed by atoms with Gasteiger partial charge in [0, 0.05) is 12.7 Å². The largest absolute Gasteiger partial charge is 0.507 e. The first-order valence-electron chi connectivity index (χ1n) is 9.27. The van der Waals surface area contributed by atoms with Gasteiger partial charge < -0.3 is 25.0 Å². The van der Waals surface area contributed by atoms with Gasteiger partial charge in [-0.2, -0.15) is 0 Å². The van der Waals surface area contributed by atoms with Gasteiger partial charge in [-0.15, -0.1) is 0 Å². The van der Waals surface area contributed by atoms with Crippen molar-refractivity contribution in [3.63, 3.8) is 0 Å². The van der Waals surface area contributed by atoms with Crippen molar-refractivity contribution in [2.45, 2.75) is 31.2 Å². The molecule has 1 amide bonds. The molecule has 4 rings (SSSR count). The van der Waals surface area contributed by atoms with Crippen LogP contribution in [-0.4, -0.2) is 42.0 Å². The Kier molecular flexibility index (Phi) is 4.71. The molecular weight excluding hydrogens is 358 g/mol. The second-order valence-corrected chi connectivity index (χ2v) is 7.15. The number of aliphatic hydroxyl groups is 1. The Morgan fingerprint density at radius 1 is 1.25 bits per heavy atom. The van der Waals surface area contributed by atoms with Crippen LogP contribution in [0.15, 0.2) is 48.0 Å². The van der Waals surface area contributed by atoms with E-state index in [9.17, 15) is 15.0 Å². The van der Waals surface area contributed by atoms with Crippen LogP contribution in [0.3, 0.4) is 0 Å². The predicted octanol–water partition coefficient (Wildman–Crippen LogP) is 2.79. The van der Waals surface area contributed by atoms with E-state index in [4.69, 9.17) is 9.47 Å². The zero-order chi connectivity index (χ0) is 19.9. The van der Waals surface area contributed by atoms with Crippen LogP contribution in [0.5, 0.6) is 5.75 Å². The second kappa shape index (κ2) is 7.05. The van der Waals surface area contributed by atoms with Crippen molar-refractivity contribution in [1.82, 2.24) is 0 Å². The van der Waals surface area contributed by atoms with Gasteiger partial charge in [-0.3, -0.25) is 4.79 Å². The van der Waals surface area contributed by atoms with Gasteiger partial charge in [0.15, 0.2) is 11.7 Å². The van der Waals surface area contributed by atoms with Crippen molar-refractivity contribution in [2.24, 2.45) is 0 Å². The van der Waals surface area contributed by atoms with Crippen LogP contribution in [0.2, 0.25) is 0 Å². The maximum Gasteiger partial charge on any atom is 0.257 e. The van der Waals surface area contributed by atoms with E-state index in [1.807, 2.05) is 19.1 Å². The van der Waals surface area contributed by atoms with Gasteiger partial charge in [0.2, 0.25) is 0 Å². The molecule has 2 heterocycles. The third kappa shape index (κ3) is 2.81. The molecule has 6 heteroatoms. The minimum Gasteiger partial charge on any atom is -0.507 e. The summed E-state index contributed by atoms with van der Waals surface area (Å²) in [4.78, 5) is 12.6. The molecule has 2 aliphatic rings. The van der Waals surface area contributed by atoms with Crippen molar-refractivity contribution in [3.8, 4) is 5.75 Å². The number of carbonyl (C=O) groups is 1. The normalized spacial score (nSPS) is 28.2. The number of phenolic OH excluding ortho intramolecular Hbond substituents is 1. The summed E-state index contributed by atoms with van der Waals surface area (Å²) in [5.74, 6) is -0.554. The van der Waals surface area contributed by atoms with E-state index in [1.165, 1.54) is 7.11 Å². The van der Waals surface area contributed by atoms with Crippen molar-refractivity contribution in [3.05, 3.63) is 64.7 Å². The number of nitrogens with one attached hydrogen (secondary N) is 1. The third-order valence-corrected chi connectivity index (χ3v) is 5.54. The fourth-order valence-corrected chi connectivity index (χ4v) is 4.05. The summed E-state index contributed by atoms with van der Waals surface area (Å²) in [6, 6.07) is 12.2. The molecule has 6 nitrogen and oxygen atoms in total. The summed E-state index contributed by atoms with van der Waals surface area (Å²) in [7, 11) is 1.36. The molecular formula is C22H23NO5. The fraction of sp³-hybridized carbons (Fsp3) is 0.318. The van der Waals surface area contributed by atoms with Crippen LogP contribution in [0.1, 0.15) is 30.0 Å². The highest BCUT2D eigenvalue weighted by atomic mass is 16.5. The van der Waals surface area contributed by atoms with E-state index in [1.54, 1.807) is 36.4 Å². The first-order valence-corrected chi connectivity index (χ1v) is 9.27. The minimum atomic E-state index is -1.83. The van der Waals surface area contributed by atoms with Crippen LogP contribution in [0.25, 0.3) is 6.08 Å². The van der Waals surface area contributed by atoms with Gasteiger partial charge in [-0.1, -0.05) is 30.3 Å². The maximum atomic E-state index is 12.6. The molecule has 2 aliphatic heterocycles. The topological polar surface area (TPSA) is 88.0 Å². The number of fused-ring (bicyclic) bond motifs is 1. The summed E-state index contributed by atoms with van der Waals surface area (Å²) < 4.78 is 10.9. The molecule has 0 radical (unpaired) electrons. The average Bonchev–Trinajstić information content (AvgIpc) is 3.09. The van der Waals surface area contributed by atoms with E-state index in [-0.39, 0.29) is 17.4 Å². The summed E-state index contributed by atoms with van der Waals surface area (Å²) in [5.41, 5.74) is 0.860. The Morgan fingerprint density at radius 2 is 2.00 bits per heavy atom. The number of hydrogen-bond acceptors (Lipinski definition) is 5. The first kappa shape index (κ1) is 18.7. The third-order valence-electron chi connectivity index (χ3n) is 5.54. The van der Waals surface area contributed by atoms with Crippen LogP contribution in [0, 0.1) is 0 Å². The number of ether oxygens (including phenoxy) is 2. The highest BCUT2D eigenvalue weighted by molar-refractivity contribution is 6.00. The Labute approximate surface area is 163 Å². The number of carbonyl (C=O) groups excluding carboxylic acids is 1. The quantitative estimate of drug-likeness (QED) is 0.761. The Balaban J connectivity index is 1.94. The molecule has 0 aromatic heterocycles. The smallest absolute Gasteiger partial charge is 0.257 e. The van der Waals surface area contributed by atoms with Gasteiger partial charge >= 0.3 is 0 Å². The van der Waals surface area contributed by atoms with Gasteiger partial charge in [0.1, 0.15) is 5.75 Å². The van der Waals surface area contributed by atoms with Gasteiger partial charge in [-0.25, -0.2) is 0 Å². The second-order valence-electron chi connectivity index (χ2n) is 7.15. The van der Waals surface area contributed by atoms with Crippen LogP contribution in [0.4, 0.5) is 5.69 Å². The maximum absolute atomic E-state index is 12.6. The number of phenols is 1. The molecule has 3 unspecified atom stereocenters. The number of amides is 1. The number of benzene rings is 2. The number of methoxy groups -OCH3 is 1. The van der Waals surface area contributed by atoms with Crippen LogP contribution in [-0.2, 0) is 19.9 Å². The molecule has 146 valence electrons. The Bertz CT molecular complexity index is 939. The number of rotatable bonds is 3. The number of hydrogen-bond donors (Lipinski definition) is 3. The summed E-state index contributed by atoms with van der Waals surface area (Å²) in [6.45, 7) is 2.62. The molecule has 0 aliphatic carbocycles. The molecule has 0 saturated carbocycles. The van der Waals surface area contributed by atoms with E-state index >= 15 is 0 Å². The van der Waals surface area contributed by atoms with Crippen molar-refractivity contribution >= 4 is 17.7 Å². The van der Waals surface area contributed by atoms with E-state index in [0.717, 1.165) is 12.0 Å². The minimum absolute atomic E-state index is 0.0186. The predicted molar refractivity (Wildman–Crippen MR) is 105 cm³/mol. The van der Waals surface area contributed by atoms with E-state index in [2.05, 4.69) is 5.32 Å². The highest BCUT2D eigenvalue weighted by Gasteiger charge is 2.51. The molecule has 1 fully saturated rings. The SMILES string of the molecule is COC1C(=O)Nc2ccc(/C=C3/CCOC3C)c(O)c2C1(O)c1ccccc1. The summed E-state index contributed by atoms with van der Waals surface area (Å²) >= 11 is 0. The van der Waals surface area contributed by atoms with Gasteiger partial charge in [0.25, 0.3) is 5.91 Å². The first-order chi connectivity index (χ1) is 13.5. The van der Waals surface area contributed by atoms with Gasteiger partial charge in [-0.05, 0) is 42.7 Å². The molecule has 2 aromatic carbocycles. The standard InChI is InChI=1S/C22H23NO5/c1-13-14(10-11-28-13)12-15-8-9-17-18(19(15)24)22(26,16-6-4-3-5-7-16)20(27-2)21(25)23-17/h3-9,12-13,20,24,26H,10-11H2,1-2H3,(H,23,25)/b14-12-. The average molecular weight is 381 g/mol. The molecule has 2 aromatic rings. The monoisotopic (exact) mass is 381 g/mol. The molecule has 3 N–H and O–H groups in total. The zero-order valence-electron chi connectivity index (χ0n) is 15.8.